The molecule has 0 spiro atoms. The van der Waals surface area contributed by atoms with Crippen LogP contribution in [0.15, 0.2) is 42.5 Å². The van der Waals surface area contributed by atoms with Gasteiger partial charge in [-0.15, -0.1) is 0 Å². The number of nitrogens with one attached hydrogen (secondary N) is 2. The third-order valence-corrected chi connectivity index (χ3v) is 3.48. The van der Waals surface area contributed by atoms with Gasteiger partial charge in [0.05, 0.1) is 19.8 Å². The summed E-state index contributed by atoms with van der Waals surface area (Å²) >= 11 is 0. The zero-order chi connectivity index (χ0) is 16.7. The highest BCUT2D eigenvalue weighted by molar-refractivity contribution is 6.07. The Hall–Kier alpha value is -2.53. The van der Waals surface area contributed by atoms with E-state index in [9.17, 15) is 4.79 Å². The summed E-state index contributed by atoms with van der Waals surface area (Å²) in [5.41, 5.74) is 2.25. The van der Waals surface area contributed by atoms with Crippen LogP contribution >= 0.6 is 0 Å². The van der Waals surface area contributed by atoms with Gasteiger partial charge in [0.2, 0.25) is 0 Å². The number of rotatable bonds is 7. The van der Waals surface area contributed by atoms with Crippen LogP contribution in [-0.2, 0) is 6.54 Å². The molecular weight excluding hydrogens is 292 g/mol. The molecule has 5 nitrogen and oxygen atoms in total. The molecule has 0 radical (unpaired) electrons. The Morgan fingerprint density at radius 2 is 1.83 bits per heavy atom. The van der Waals surface area contributed by atoms with Crippen LogP contribution in [0.4, 0.5) is 5.69 Å². The highest BCUT2D eigenvalue weighted by Crippen LogP contribution is 2.31. The third-order valence-electron chi connectivity index (χ3n) is 3.48. The molecule has 2 aromatic carbocycles. The van der Waals surface area contributed by atoms with E-state index in [2.05, 4.69) is 10.6 Å². The quantitative estimate of drug-likeness (QED) is 0.824. The number of benzene rings is 2. The van der Waals surface area contributed by atoms with Crippen molar-refractivity contribution >= 4 is 11.6 Å². The molecule has 0 atom stereocenters. The zero-order valence-corrected chi connectivity index (χ0v) is 13.7. The molecule has 0 fully saturated rings. The van der Waals surface area contributed by atoms with E-state index >= 15 is 0 Å². The molecule has 122 valence electrons. The topological polar surface area (TPSA) is 59.6 Å². The maximum Gasteiger partial charge on any atom is 0.259 e. The molecular formula is C18H22N2O3. The van der Waals surface area contributed by atoms with E-state index < -0.39 is 0 Å². The first kappa shape index (κ1) is 16.8. The van der Waals surface area contributed by atoms with Gasteiger partial charge in [0.1, 0.15) is 0 Å². The molecule has 2 aromatic rings. The minimum Gasteiger partial charge on any atom is -0.493 e. The first-order chi connectivity index (χ1) is 11.2. The monoisotopic (exact) mass is 314 g/mol. The number of carbonyl (C=O) groups is 1. The first-order valence-electron chi connectivity index (χ1n) is 7.52. The molecule has 5 heteroatoms. The largest absolute Gasteiger partial charge is 0.493 e. The van der Waals surface area contributed by atoms with Crippen molar-refractivity contribution < 1.29 is 14.3 Å². The predicted molar refractivity (Wildman–Crippen MR) is 91.3 cm³/mol. The predicted octanol–water partition coefficient (Wildman–Crippen LogP) is 3.07. The summed E-state index contributed by atoms with van der Waals surface area (Å²) in [4.78, 5) is 12.6. The van der Waals surface area contributed by atoms with Crippen molar-refractivity contribution in [3.8, 4) is 11.5 Å². The Morgan fingerprint density at radius 1 is 1.04 bits per heavy atom. The van der Waals surface area contributed by atoms with Crippen LogP contribution in [0.25, 0.3) is 0 Å². The second-order valence-corrected chi connectivity index (χ2v) is 4.93. The summed E-state index contributed by atoms with van der Waals surface area (Å²) in [5.74, 6) is 0.724. The van der Waals surface area contributed by atoms with E-state index in [1.807, 2.05) is 31.2 Å². The third kappa shape index (κ3) is 4.02. The van der Waals surface area contributed by atoms with E-state index in [-0.39, 0.29) is 5.91 Å². The van der Waals surface area contributed by atoms with Crippen LogP contribution < -0.4 is 20.1 Å². The summed E-state index contributed by atoms with van der Waals surface area (Å²) in [5, 5.41) is 6.21. The van der Waals surface area contributed by atoms with Crippen molar-refractivity contribution in [1.29, 1.82) is 0 Å². The number of para-hydroxylation sites is 2. The van der Waals surface area contributed by atoms with E-state index in [1.54, 1.807) is 25.3 Å². The number of methoxy groups -OCH3 is 2. The van der Waals surface area contributed by atoms with Gasteiger partial charge in [0.25, 0.3) is 5.91 Å². The fraction of sp³-hybridized carbons (Fsp3) is 0.278. The van der Waals surface area contributed by atoms with Gasteiger partial charge >= 0.3 is 0 Å². The lowest BCUT2D eigenvalue weighted by molar-refractivity contribution is 0.102. The lowest BCUT2D eigenvalue weighted by atomic mass is 10.1. The van der Waals surface area contributed by atoms with E-state index in [0.29, 0.717) is 23.6 Å². The van der Waals surface area contributed by atoms with Crippen molar-refractivity contribution in [2.75, 3.05) is 26.1 Å². The van der Waals surface area contributed by atoms with Crippen LogP contribution in [0.5, 0.6) is 11.5 Å². The van der Waals surface area contributed by atoms with Crippen LogP contribution in [-0.4, -0.2) is 26.7 Å². The first-order valence-corrected chi connectivity index (χ1v) is 7.52. The molecule has 23 heavy (non-hydrogen) atoms. The summed E-state index contributed by atoms with van der Waals surface area (Å²) in [6.07, 6.45) is 0. The highest BCUT2D eigenvalue weighted by atomic mass is 16.5. The summed E-state index contributed by atoms with van der Waals surface area (Å²) < 4.78 is 10.6. The number of amides is 1. The van der Waals surface area contributed by atoms with Crippen molar-refractivity contribution in [1.82, 2.24) is 5.32 Å². The fourth-order valence-corrected chi connectivity index (χ4v) is 2.31. The van der Waals surface area contributed by atoms with E-state index in [4.69, 9.17) is 9.47 Å². The minimum absolute atomic E-state index is 0.232. The van der Waals surface area contributed by atoms with Gasteiger partial charge in [-0.1, -0.05) is 31.2 Å². The van der Waals surface area contributed by atoms with Crippen LogP contribution in [0.3, 0.4) is 0 Å². The Labute approximate surface area is 136 Å². The number of hydrogen-bond acceptors (Lipinski definition) is 4. The highest BCUT2D eigenvalue weighted by Gasteiger charge is 2.17. The average Bonchev–Trinajstić information content (AvgIpc) is 2.60. The molecule has 0 aliphatic rings. The molecule has 0 heterocycles. The zero-order valence-electron chi connectivity index (χ0n) is 13.7. The lowest BCUT2D eigenvalue weighted by Gasteiger charge is -2.14. The van der Waals surface area contributed by atoms with Gasteiger partial charge in [-0.25, -0.2) is 0 Å². The average molecular weight is 314 g/mol. The van der Waals surface area contributed by atoms with E-state index in [0.717, 1.165) is 17.8 Å². The molecule has 0 saturated carbocycles. The Bertz CT molecular complexity index is 671. The van der Waals surface area contributed by atoms with Crippen LogP contribution in [0, 0.1) is 0 Å². The van der Waals surface area contributed by atoms with E-state index in [1.165, 1.54) is 7.11 Å². The van der Waals surface area contributed by atoms with Crippen molar-refractivity contribution in [2.24, 2.45) is 0 Å². The number of hydrogen-bond donors (Lipinski definition) is 2. The molecule has 0 unspecified atom stereocenters. The maximum atomic E-state index is 12.6. The second-order valence-electron chi connectivity index (χ2n) is 4.93. The Morgan fingerprint density at radius 3 is 2.52 bits per heavy atom. The van der Waals surface area contributed by atoms with Crippen molar-refractivity contribution in [3.63, 3.8) is 0 Å². The minimum atomic E-state index is -0.232. The van der Waals surface area contributed by atoms with Gasteiger partial charge in [0, 0.05) is 12.2 Å². The summed E-state index contributed by atoms with van der Waals surface area (Å²) in [6, 6.07) is 13.0. The van der Waals surface area contributed by atoms with Gasteiger partial charge in [-0.3, -0.25) is 4.79 Å². The van der Waals surface area contributed by atoms with Gasteiger partial charge < -0.3 is 20.1 Å². The van der Waals surface area contributed by atoms with Crippen LogP contribution in [0.1, 0.15) is 22.8 Å². The molecule has 0 aliphatic heterocycles. The number of carbonyl (C=O) groups excluding carboxylic acids is 1. The molecule has 0 aromatic heterocycles. The van der Waals surface area contributed by atoms with Crippen LogP contribution in [0.2, 0.25) is 0 Å². The summed E-state index contributed by atoms with van der Waals surface area (Å²) in [7, 11) is 3.07. The number of ether oxygens (including phenoxy) is 2. The standard InChI is InChI=1S/C18H22N2O3/c1-4-19-12-13-8-5-6-10-15(13)20-18(21)14-9-7-11-16(22-2)17(14)23-3/h5-11,19H,4,12H2,1-3H3,(H,20,21). The Kier molecular flexibility index (Phi) is 6.00. The fourth-order valence-electron chi connectivity index (χ4n) is 2.31. The van der Waals surface area contributed by atoms with Gasteiger partial charge in [0.15, 0.2) is 11.5 Å². The van der Waals surface area contributed by atoms with Gasteiger partial charge in [-0.2, -0.15) is 0 Å². The Balaban J connectivity index is 2.26. The van der Waals surface area contributed by atoms with Crippen molar-refractivity contribution in [2.45, 2.75) is 13.5 Å². The second kappa shape index (κ2) is 8.19. The SMILES string of the molecule is CCNCc1ccccc1NC(=O)c1cccc(OC)c1OC. The number of anilines is 1. The lowest BCUT2D eigenvalue weighted by Crippen LogP contribution is -2.17. The normalized spacial score (nSPS) is 10.2. The molecule has 2 rings (SSSR count). The molecule has 1 amide bonds. The molecule has 2 N–H and O–H groups in total. The van der Waals surface area contributed by atoms with Gasteiger partial charge in [-0.05, 0) is 30.3 Å². The summed E-state index contributed by atoms with van der Waals surface area (Å²) in [6.45, 7) is 3.61. The molecule has 0 bridgehead atoms. The maximum absolute atomic E-state index is 12.6. The smallest absolute Gasteiger partial charge is 0.259 e. The van der Waals surface area contributed by atoms with Crippen molar-refractivity contribution in [3.05, 3.63) is 53.6 Å². The molecule has 0 aliphatic carbocycles. The molecule has 0 saturated heterocycles.